The van der Waals surface area contributed by atoms with Crippen LogP contribution in [-0.2, 0) is 11.3 Å². The van der Waals surface area contributed by atoms with E-state index in [1.165, 1.54) is 5.01 Å². The molecule has 182 valence electrons. The highest BCUT2D eigenvalue weighted by Crippen LogP contribution is 2.32. The predicted octanol–water partition coefficient (Wildman–Crippen LogP) is 4.23. The second-order valence-corrected chi connectivity index (χ2v) is 8.16. The van der Waals surface area contributed by atoms with Crippen LogP contribution in [0.4, 0.5) is 5.69 Å². The van der Waals surface area contributed by atoms with E-state index < -0.39 is 0 Å². The average molecular weight is 476 g/mol. The number of ether oxygens (including phenoxy) is 2. The monoisotopic (exact) mass is 475 g/mol. The lowest BCUT2D eigenvalue weighted by molar-refractivity contribution is -0.133. The SMILES string of the molecule is CCOc1ccc(C2=NN(Cc3ccc(NC(=O)c4cc[nH]n4)cc3)C(=O)CC2CC)cc1OC. The number of amides is 2. The number of hydrogen-bond acceptors (Lipinski definition) is 6. The molecule has 2 aromatic carbocycles. The van der Waals surface area contributed by atoms with Gasteiger partial charge in [-0.1, -0.05) is 19.1 Å². The Morgan fingerprint density at radius 3 is 2.60 bits per heavy atom. The molecule has 9 heteroatoms. The fourth-order valence-electron chi connectivity index (χ4n) is 3.98. The van der Waals surface area contributed by atoms with Gasteiger partial charge in [-0.2, -0.15) is 10.2 Å². The largest absolute Gasteiger partial charge is 0.493 e. The van der Waals surface area contributed by atoms with Crippen LogP contribution in [0.3, 0.4) is 0 Å². The Bertz CT molecular complexity index is 1200. The van der Waals surface area contributed by atoms with Gasteiger partial charge in [-0.15, -0.1) is 0 Å². The summed E-state index contributed by atoms with van der Waals surface area (Å²) >= 11 is 0. The van der Waals surface area contributed by atoms with Gasteiger partial charge in [0, 0.05) is 29.8 Å². The third kappa shape index (κ3) is 5.51. The molecule has 0 aliphatic carbocycles. The number of methoxy groups -OCH3 is 1. The molecule has 0 saturated heterocycles. The first kappa shape index (κ1) is 24.0. The molecule has 1 aliphatic rings. The molecule has 3 aromatic rings. The van der Waals surface area contributed by atoms with Crippen molar-refractivity contribution in [2.24, 2.45) is 11.0 Å². The molecular weight excluding hydrogens is 446 g/mol. The van der Waals surface area contributed by atoms with Gasteiger partial charge in [0.15, 0.2) is 11.5 Å². The summed E-state index contributed by atoms with van der Waals surface area (Å²) < 4.78 is 11.1. The summed E-state index contributed by atoms with van der Waals surface area (Å²) in [5.74, 6) is 1.03. The molecule has 2 amide bonds. The highest BCUT2D eigenvalue weighted by atomic mass is 16.5. The molecule has 0 saturated carbocycles. The van der Waals surface area contributed by atoms with Crippen LogP contribution in [0.1, 0.15) is 48.3 Å². The molecule has 0 radical (unpaired) electrons. The highest BCUT2D eigenvalue weighted by Gasteiger charge is 2.29. The molecule has 35 heavy (non-hydrogen) atoms. The van der Waals surface area contributed by atoms with Gasteiger partial charge in [0.2, 0.25) is 5.91 Å². The normalized spacial score (nSPS) is 15.5. The van der Waals surface area contributed by atoms with E-state index in [-0.39, 0.29) is 17.7 Å². The Kier molecular flexibility index (Phi) is 7.45. The zero-order valence-electron chi connectivity index (χ0n) is 20.1. The number of hydrazone groups is 1. The van der Waals surface area contributed by atoms with Crippen LogP contribution in [0.5, 0.6) is 11.5 Å². The van der Waals surface area contributed by atoms with Gasteiger partial charge in [0.1, 0.15) is 5.69 Å². The minimum atomic E-state index is -0.296. The number of H-pyrrole nitrogens is 1. The second kappa shape index (κ2) is 10.9. The molecule has 2 heterocycles. The topological polar surface area (TPSA) is 109 Å². The zero-order chi connectivity index (χ0) is 24.8. The third-order valence-electron chi connectivity index (χ3n) is 5.85. The Morgan fingerprint density at radius 1 is 1.14 bits per heavy atom. The lowest BCUT2D eigenvalue weighted by Gasteiger charge is -2.29. The van der Waals surface area contributed by atoms with Crippen molar-refractivity contribution in [1.29, 1.82) is 0 Å². The standard InChI is InChI=1S/C26H29N5O4/c1-4-18-15-24(32)31(30-25(18)19-8-11-22(35-5-2)23(14-19)34-3)16-17-6-9-20(10-7-17)28-26(33)21-12-13-27-29-21/h6-14,18H,4-5,15-16H2,1-3H3,(H,27,29)(H,28,33). The summed E-state index contributed by atoms with van der Waals surface area (Å²) in [5.41, 5.74) is 3.62. The number of anilines is 1. The molecule has 1 aliphatic heterocycles. The summed E-state index contributed by atoms with van der Waals surface area (Å²) in [4.78, 5) is 25.0. The fourth-order valence-corrected chi connectivity index (χ4v) is 3.98. The van der Waals surface area contributed by atoms with Crippen molar-refractivity contribution in [2.75, 3.05) is 19.0 Å². The van der Waals surface area contributed by atoms with Crippen LogP contribution in [0.2, 0.25) is 0 Å². The Labute approximate surface area is 204 Å². The van der Waals surface area contributed by atoms with Crippen LogP contribution in [-0.4, -0.2) is 46.4 Å². The first-order valence-corrected chi connectivity index (χ1v) is 11.6. The minimum Gasteiger partial charge on any atom is -0.493 e. The summed E-state index contributed by atoms with van der Waals surface area (Å²) in [5, 5.41) is 15.6. The summed E-state index contributed by atoms with van der Waals surface area (Å²) in [6, 6.07) is 14.7. The first-order chi connectivity index (χ1) is 17.0. The Hall–Kier alpha value is -4.14. The molecule has 9 nitrogen and oxygen atoms in total. The van der Waals surface area contributed by atoms with E-state index >= 15 is 0 Å². The number of hydrogen-bond donors (Lipinski definition) is 2. The van der Waals surface area contributed by atoms with Crippen molar-refractivity contribution >= 4 is 23.2 Å². The van der Waals surface area contributed by atoms with Gasteiger partial charge < -0.3 is 14.8 Å². The quantitative estimate of drug-likeness (QED) is 0.481. The second-order valence-electron chi connectivity index (χ2n) is 8.16. The maximum atomic E-state index is 12.9. The van der Waals surface area contributed by atoms with Gasteiger partial charge in [-0.25, -0.2) is 5.01 Å². The number of carbonyl (C=O) groups is 2. The smallest absolute Gasteiger partial charge is 0.276 e. The number of rotatable bonds is 9. The van der Waals surface area contributed by atoms with Gasteiger partial charge in [-0.05, 0) is 55.3 Å². The summed E-state index contributed by atoms with van der Waals surface area (Å²) in [6.07, 6.45) is 2.79. The van der Waals surface area contributed by atoms with Crippen LogP contribution in [0, 0.1) is 5.92 Å². The molecule has 1 atom stereocenters. The van der Waals surface area contributed by atoms with Crippen LogP contribution < -0.4 is 14.8 Å². The van der Waals surface area contributed by atoms with E-state index in [1.807, 2.05) is 37.3 Å². The number of carbonyl (C=O) groups excluding carboxylic acids is 2. The molecule has 0 fully saturated rings. The summed E-state index contributed by atoms with van der Waals surface area (Å²) in [7, 11) is 1.61. The fraction of sp³-hybridized carbons (Fsp3) is 0.308. The van der Waals surface area contributed by atoms with Crippen LogP contribution in [0.25, 0.3) is 0 Å². The lowest BCUT2D eigenvalue weighted by Crippen LogP contribution is -2.36. The molecule has 1 aromatic heterocycles. The Balaban J connectivity index is 1.52. The average Bonchev–Trinajstić information content (AvgIpc) is 3.42. The molecule has 0 spiro atoms. The number of nitrogens with zero attached hydrogens (tertiary/aromatic N) is 3. The molecular formula is C26H29N5O4. The van der Waals surface area contributed by atoms with Crippen molar-refractivity contribution in [3.05, 3.63) is 71.5 Å². The minimum absolute atomic E-state index is 0.0191. The molecule has 2 N–H and O–H groups in total. The number of benzene rings is 2. The molecule has 0 bridgehead atoms. The van der Waals surface area contributed by atoms with E-state index in [4.69, 9.17) is 14.6 Å². The van der Waals surface area contributed by atoms with Gasteiger partial charge in [0.25, 0.3) is 5.91 Å². The van der Waals surface area contributed by atoms with Crippen molar-refractivity contribution in [2.45, 2.75) is 33.2 Å². The number of nitrogens with one attached hydrogen (secondary N) is 2. The third-order valence-corrected chi connectivity index (χ3v) is 5.85. The molecule has 1 unspecified atom stereocenters. The lowest BCUT2D eigenvalue weighted by atomic mass is 9.89. The number of aromatic amines is 1. The first-order valence-electron chi connectivity index (χ1n) is 11.6. The van der Waals surface area contributed by atoms with E-state index in [0.717, 1.165) is 23.3 Å². The Morgan fingerprint density at radius 2 is 1.94 bits per heavy atom. The maximum Gasteiger partial charge on any atom is 0.276 e. The van der Waals surface area contributed by atoms with Crippen LogP contribution >= 0.6 is 0 Å². The number of aromatic nitrogens is 2. The van der Waals surface area contributed by atoms with Crippen molar-refractivity contribution in [3.63, 3.8) is 0 Å². The van der Waals surface area contributed by atoms with E-state index in [0.29, 0.717) is 42.5 Å². The van der Waals surface area contributed by atoms with E-state index in [9.17, 15) is 9.59 Å². The molecule has 4 rings (SSSR count). The van der Waals surface area contributed by atoms with Crippen molar-refractivity contribution in [3.8, 4) is 11.5 Å². The predicted molar refractivity (Wildman–Crippen MR) is 133 cm³/mol. The van der Waals surface area contributed by atoms with Crippen molar-refractivity contribution < 1.29 is 19.1 Å². The van der Waals surface area contributed by atoms with Gasteiger partial charge in [0.05, 0.1) is 26.0 Å². The zero-order valence-corrected chi connectivity index (χ0v) is 20.1. The van der Waals surface area contributed by atoms with Gasteiger partial charge in [-0.3, -0.25) is 14.7 Å². The van der Waals surface area contributed by atoms with Gasteiger partial charge >= 0.3 is 0 Å². The van der Waals surface area contributed by atoms with E-state index in [1.54, 1.807) is 31.5 Å². The van der Waals surface area contributed by atoms with Crippen LogP contribution in [0.15, 0.2) is 59.8 Å². The highest BCUT2D eigenvalue weighted by molar-refractivity contribution is 6.06. The maximum absolute atomic E-state index is 12.9. The van der Waals surface area contributed by atoms with E-state index in [2.05, 4.69) is 22.4 Å². The van der Waals surface area contributed by atoms with Crippen molar-refractivity contribution in [1.82, 2.24) is 15.2 Å². The summed E-state index contributed by atoms with van der Waals surface area (Å²) in [6.45, 7) is 4.86.